The number of amides is 1. The molecule has 3 nitrogen and oxygen atoms in total. The quantitative estimate of drug-likeness (QED) is 0.659. The second-order valence-electron chi connectivity index (χ2n) is 3.94. The maximum Gasteiger partial charge on any atom is 0.239 e. The van der Waals surface area contributed by atoms with Gasteiger partial charge < -0.3 is 10.2 Å². The van der Waals surface area contributed by atoms with Crippen molar-refractivity contribution in [2.24, 2.45) is 0 Å². The fraction of sp³-hybridized carbons (Fsp3) is 0.900. The molecule has 3 heteroatoms. The number of nitrogens with one attached hydrogen (secondary N) is 1. The van der Waals surface area contributed by atoms with Gasteiger partial charge >= 0.3 is 0 Å². The molecule has 0 aromatic carbocycles. The second kappa shape index (κ2) is 5.22. The Morgan fingerprint density at radius 2 is 1.92 bits per heavy atom. The lowest BCUT2D eigenvalue weighted by atomic mass is 10.0. The lowest BCUT2D eigenvalue weighted by molar-refractivity contribution is -0.131. The van der Waals surface area contributed by atoms with Crippen molar-refractivity contribution in [1.29, 1.82) is 0 Å². The van der Waals surface area contributed by atoms with Crippen molar-refractivity contribution in [3.8, 4) is 0 Å². The van der Waals surface area contributed by atoms with Gasteiger partial charge in [-0.2, -0.15) is 0 Å². The second-order valence-corrected chi connectivity index (χ2v) is 3.94. The molecule has 76 valence electrons. The fourth-order valence-corrected chi connectivity index (χ4v) is 1.73. The van der Waals surface area contributed by atoms with E-state index in [4.69, 9.17) is 0 Å². The first-order chi connectivity index (χ1) is 6.22. The molecule has 1 amide bonds. The molecule has 0 aromatic rings. The molecule has 0 radical (unpaired) electrons. The Kier molecular flexibility index (Phi) is 4.22. The van der Waals surface area contributed by atoms with Gasteiger partial charge in [-0.15, -0.1) is 0 Å². The van der Waals surface area contributed by atoms with Gasteiger partial charge in [0.2, 0.25) is 5.91 Å². The molecule has 13 heavy (non-hydrogen) atoms. The number of carbonyl (C=O) groups is 1. The maximum atomic E-state index is 11.6. The van der Waals surface area contributed by atoms with E-state index in [2.05, 4.69) is 5.32 Å². The first-order valence-electron chi connectivity index (χ1n) is 5.16. The van der Waals surface area contributed by atoms with E-state index >= 15 is 0 Å². The van der Waals surface area contributed by atoms with Crippen molar-refractivity contribution in [3.05, 3.63) is 0 Å². The molecule has 0 spiro atoms. The molecule has 1 atom stereocenters. The summed E-state index contributed by atoms with van der Waals surface area (Å²) >= 11 is 0. The average molecular weight is 184 g/mol. The molecule has 1 heterocycles. The van der Waals surface area contributed by atoms with Crippen LogP contribution in [0.15, 0.2) is 0 Å². The number of carbonyl (C=O) groups excluding carboxylic acids is 1. The molecule has 0 saturated carbocycles. The molecule has 1 N–H and O–H groups in total. The van der Waals surface area contributed by atoms with Crippen LogP contribution in [0.2, 0.25) is 0 Å². The summed E-state index contributed by atoms with van der Waals surface area (Å²) in [7, 11) is 3.64. The predicted molar refractivity (Wildman–Crippen MR) is 53.6 cm³/mol. The number of hydrogen-bond acceptors (Lipinski definition) is 2. The van der Waals surface area contributed by atoms with E-state index in [-0.39, 0.29) is 11.9 Å². The highest BCUT2D eigenvalue weighted by molar-refractivity contribution is 5.81. The average Bonchev–Trinajstić information content (AvgIpc) is 2.02. The van der Waals surface area contributed by atoms with Crippen molar-refractivity contribution < 1.29 is 4.79 Å². The topological polar surface area (TPSA) is 32.3 Å². The minimum Gasteiger partial charge on any atom is -0.347 e. The van der Waals surface area contributed by atoms with E-state index in [9.17, 15) is 4.79 Å². The SMILES string of the molecule is CN(C)C(=O)C1CCCCCCN1. The molecule has 1 aliphatic heterocycles. The number of likely N-dealkylation sites (N-methyl/N-ethyl adjacent to an activating group) is 1. The summed E-state index contributed by atoms with van der Waals surface area (Å²) in [4.78, 5) is 13.3. The Bertz CT molecular complexity index is 160. The van der Waals surface area contributed by atoms with Gasteiger partial charge in [0.1, 0.15) is 0 Å². The van der Waals surface area contributed by atoms with Gasteiger partial charge in [-0.1, -0.05) is 19.3 Å². The van der Waals surface area contributed by atoms with Crippen LogP contribution >= 0.6 is 0 Å². The molecule has 1 fully saturated rings. The molecule has 1 saturated heterocycles. The highest BCUT2D eigenvalue weighted by atomic mass is 16.2. The number of rotatable bonds is 1. The third-order valence-corrected chi connectivity index (χ3v) is 2.55. The summed E-state index contributed by atoms with van der Waals surface area (Å²) in [5.74, 6) is 0.224. The maximum absolute atomic E-state index is 11.6. The summed E-state index contributed by atoms with van der Waals surface area (Å²) in [6.45, 7) is 0.990. The molecule has 0 bridgehead atoms. The van der Waals surface area contributed by atoms with E-state index in [0.29, 0.717) is 0 Å². The third-order valence-electron chi connectivity index (χ3n) is 2.55. The minimum absolute atomic E-state index is 0.0651. The summed E-state index contributed by atoms with van der Waals surface area (Å²) in [6.07, 6.45) is 5.96. The Morgan fingerprint density at radius 1 is 1.23 bits per heavy atom. The van der Waals surface area contributed by atoms with Gasteiger partial charge in [-0.3, -0.25) is 4.79 Å². The summed E-state index contributed by atoms with van der Waals surface area (Å²) in [5, 5.41) is 3.31. The van der Waals surface area contributed by atoms with E-state index < -0.39 is 0 Å². The first-order valence-corrected chi connectivity index (χ1v) is 5.16. The van der Waals surface area contributed by atoms with Gasteiger partial charge in [-0.05, 0) is 19.4 Å². The van der Waals surface area contributed by atoms with Crippen molar-refractivity contribution in [2.45, 2.75) is 38.1 Å². The van der Waals surface area contributed by atoms with Crippen molar-refractivity contribution >= 4 is 5.91 Å². The lowest BCUT2D eigenvalue weighted by Gasteiger charge is -2.23. The van der Waals surface area contributed by atoms with E-state index in [1.807, 2.05) is 14.1 Å². The number of nitrogens with zero attached hydrogens (tertiary/aromatic N) is 1. The standard InChI is InChI=1S/C10H20N2O/c1-12(2)10(13)9-7-5-3-4-6-8-11-9/h9,11H,3-8H2,1-2H3. The molecular weight excluding hydrogens is 164 g/mol. The van der Waals surface area contributed by atoms with Gasteiger partial charge in [0, 0.05) is 14.1 Å². The van der Waals surface area contributed by atoms with Crippen LogP contribution in [0.5, 0.6) is 0 Å². The van der Waals surface area contributed by atoms with Gasteiger partial charge in [0.15, 0.2) is 0 Å². The third kappa shape index (κ3) is 3.35. The lowest BCUT2D eigenvalue weighted by Crippen LogP contribution is -2.44. The molecule has 0 aromatic heterocycles. The Morgan fingerprint density at radius 3 is 2.62 bits per heavy atom. The van der Waals surface area contributed by atoms with Gasteiger partial charge in [0.05, 0.1) is 6.04 Å². The fourth-order valence-electron chi connectivity index (χ4n) is 1.73. The molecule has 1 aliphatic rings. The molecule has 0 aliphatic carbocycles. The zero-order chi connectivity index (χ0) is 9.68. The highest BCUT2D eigenvalue weighted by Crippen LogP contribution is 2.10. The molecule has 1 rings (SSSR count). The van der Waals surface area contributed by atoms with Crippen LogP contribution in [-0.2, 0) is 4.79 Å². The van der Waals surface area contributed by atoms with Gasteiger partial charge in [-0.25, -0.2) is 0 Å². The van der Waals surface area contributed by atoms with Crippen LogP contribution in [-0.4, -0.2) is 37.5 Å². The Hall–Kier alpha value is -0.570. The van der Waals surface area contributed by atoms with Crippen molar-refractivity contribution in [2.75, 3.05) is 20.6 Å². The molecular formula is C10H20N2O. The highest BCUT2D eigenvalue weighted by Gasteiger charge is 2.19. The largest absolute Gasteiger partial charge is 0.347 e. The van der Waals surface area contributed by atoms with E-state index in [1.165, 1.54) is 25.7 Å². The zero-order valence-electron chi connectivity index (χ0n) is 8.68. The van der Waals surface area contributed by atoms with E-state index in [0.717, 1.165) is 13.0 Å². The normalized spacial score (nSPS) is 24.6. The van der Waals surface area contributed by atoms with Crippen LogP contribution in [0, 0.1) is 0 Å². The zero-order valence-corrected chi connectivity index (χ0v) is 8.68. The summed E-state index contributed by atoms with van der Waals surface area (Å²) in [5.41, 5.74) is 0. The van der Waals surface area contributed by atoms with Crippen molar-refractivity contribution in [3.63, 3.8) is 0 Å². The monoisotopic (exact) mass is 184 g/mol. The molecule has 1 unspecified atom stereocenters. The van der Waals surface area contributed by atoms with Crippen LogP contribution in [0.4, 0.5) is 0 Å². The Balaban J connectivity index is 2.41. The van der Waals surface area contributed by atoms with Gasteiger partial charge in [0.25, 0.3) is 0 Å². The summed E-state index contributed by atoms with van der Waals surface area (Å²) in [6, 6.07) is 0.0651. The van der Waals surface area contributed by atoms with Crippen LogP contribution in [0.1, 0.15) is 32.1 Å². The van der Waals surface area contributed by atoms with Crippen LogP contribution < -0.4 is 5.32 Å². The first kappa shape index (κ1) is 10.5. The van der Waals surface area contributed by atoms with E-state index in [1.54, 1.807) is 4.90 Å². The smallest absolute Gasteiger partial charge is 0.239 e. The van der Waals surface area contributed by atoms with Crippen LogP contribution in [0.3, 0.4) is 0 Å². The summed E-state index contributed by atoms with van der Waals surface area (Å²) < 4.78 is 0. The Labute approximate surface area is 80.5 Å². The predicted octanol–water partition coefficient (Wildman–Crippen LogP) is 0.997. The van der Waals surface area contributed by atoms with Crippen molar-refractivity contribution in [1.82, 2.24) is 10.2 Å². The number of hydrogen-bond donors (Lipinski definition) is 1. The van der Waals surface area contributed by atoms with Crippen LogP contribution in [0.25, 0.3) is 0 Å². The minimum atomic E-state index is 0.0651.